The molecule has 0 fully saturated rings. The molecule has 0 spiro atoms. The predicted octanol–water partition coefficient (Wildman–Crippen LogP) is -2.07. The van der Waals surface area contributed by atoms with Crippen molar-refractivity contribution in [2.75, 3.05) is 0 Å². The van der Waals surface area contributed by atoms with E-state index < -0.39 is 7.82 Å². The van der Waals surface area contributed by atoms with E-state index in [-0.39, 0.29) is 65.0 Å². The van der Waals surface area contributed by atoms with E-state index in [9.17, 15) is 0 Å². The summed E-state index contributed by atoms with van der Waals surface area (Å²) in [7, 11) is -4.64. The predicted molar refractivity (Wildman–Crippen MR) is 37.2 cm³/mol. The van der Waals surface area contributed by atoms with Gasteiger partial charge in [0, 0.05) is 0 Å². The first kappa shape index (κ1) is 22.5. The monoisotopic (exact) mass is 184 g/mol. The van der Waals surface area contributed by atoms with E-state index >= 15 is 0 Å². The first-order valence-corrected chi connectivity index (χ1v) is 2.35. The van der Waals surface area contributed by atoms with Gasteiger partial charge in [0.15, 0.2) is 0 Å². The molecular formula is H7ClMgNaO4P. The Morgan fingerprint density at radius 1 is 1.12 bits per heavy atom. The molecule has 0 amide bonds. The van der Waals surface area contributed by atoms with Crippen molar-refractivity contribution >= 4 is 72.8 Å². The van der Waals surface area contributed by atoms with E-state index in [0.717, 1.165) is 0 Å². The summed E-state index contributed by atoms with van der Waals surface area (Å²) < 4.78 is 8.88. The van der Waals surface area contributed by atoms with Crippen molar-refractivity contribution in [2.24, 2.45) is 0 Å². The van der Waals surface area contributed by atoms with E-state index in [1.54, 1.807) is 0 Å². The molecule has 0 saturated heterocycles. The fraction of sp³-hybridized carbons (Fsp3) is 0. The summed E-state index contributed by atoms with van der Waals surface area (Å²) in [6.07, 6.45) is 0. The van der Waals surface area contributed by atoms with Crippen LogP contribution in [0.25, 0.3) is 0 Å². The van der Waals surface area contributed by atoms with Gasteiger partial charge >= 0.3 is 60.4 Å². The Balaban J connectivity index is -0.0000000267. The average Bonchev–Trinajstić information content (AvgIpc) is 0.722. The Labute approximate surface area is 91.1 Å². The topological polar surface area (TPSA) is 77.8 Å². The van der Waals surface area contributed by atoms with Crippen molar-refractivity contribution in [3.63, 3.8) is 0 Å². The van der Waals surface area contributed by atoms with Gasteiger partial charge in [-0.3, -0.25) is 0 Å². The summed E-state index contributed by atoms with van der Waals surface area (Å²) >= 11 is 0. The molecule has 0 aromatic heterocycles. The normalized spacial score (nSPS) is 7.38. The van der Waals surface area contributed by atoms with Gasteiger partial charge in [-0.25, -0.2) is 4.57 Å². The van der Waals surface area contributed by atoms with Crippen molar-refractivity contribution in [3.8, 4) is 0 Å². The molecular weight excluding hydrogens is 178 g/mol. The third-order valence-electron chi connectivity index (χ3n) is 0. The second-order valence-electron chi connectivity index (χ2n) is 0.513. The van der Waals surface area contributed by atoms with Gasteiger partial charge in [0.1, 0.15) is 0 Å². The van der Waals surface area contributed by atoms with Crippen LogP contribution in [0.2, 0.25) is 0 Å². The molecule has 0 unspecified atom stereocenters. The van der Waals surface area contributed by atoms with Crippen LogP contribution in [-0.4, -0.2) is 67.3 Å². The zero-order valence-corrected chi connectivity index (χ0v) is 4.32. The number of halogens is 1. The minimum absolute atomic E-state index is 0. The standard InChI is InChI=1S/ClH.Mg.Na.H3O4P.3H/c;;;1-5(2,3)4;;;/h1H;;;(H3,1,2,3,4);;;. The summed E-state index contributed by atoms with van der Waals surface area (Å²) in [4.78, 5) is 21.6. The summed E-state index contributed by atoms with van der Waals surface area (Å²) in [5, 5.41) is 0. The molecule has 0 aromatic rings. The molecule has 0 bridgehead atoms. The number of hydrogen-bond donors (Lipinski definition) is 3. The van der Waals surface area contributed by atoms with Gasteiger partial charge in [-0.05, 0) is 0 Å². The molecule has 0 radical (unpaired) electrons. The Morgan fingerprint density at radius 3 is 1.12 bits per heavy atom. The molecule has 8 heteroatoms. The van der Waals surface area contributed by atoms with E-state index in [0.29, 0.717) is 0 Å². The van der Waals surface area contributed by atoms with Crippen LogP contribution in [-0.2, 0) is 4.57 Å². The number of rotatable bonds is 0. The van der Waals surface area contributed by atoms with Crippen molar-refractivity contribution in [2.45, 2.75) is 0 Å². The minimum atomic E-state index is -4.64. The third-order valence-corrected chi connectivity index (χ3v) is 0. The van der Waals surface area contributed by atoms with Gasteiger partial charge in [-0.2, -0.15) is 0 Å². The van der Waals surface area contributed by atoms with Gasteiger partial charge in [0.2, 0.25) is 0 Å². The van der Waals surface area contributed by atoms with Crippen molar-refractivity contribution < 1.29 is 19.2 Å². The van der Waals surface area contributed by atoms with E-state index in [1.807, 2.05) is 0 Å². The molecule has 3 N–H and O–H groups in total. The van der Waals surface area contributed by atoms with Gasteiger partial charge in [0.25, 0.3) is 0 Å². The van der Waals surface area contributed by atoms with E-state index in [4.69, 9.17) is 19.2 Å². The summed E-state index contributed by atoms with van der Waals surface area (Å²) in [5.41, 5.74) is 0. The third kappa shape index (κ3) is 89.4. The fourth-order valence-corrected chi connectivity index (χ4v) is 0. The van der Waals surface area contributed by atoms with Crippen LogP contribution in [0, 0.1) is 0 Å². The number of phosphoric acid groups is 1. The summed E-state index contributed by atoms with van der Waals surface area (Å²) in [5.74, 6) is 0. The van der Waals surface area contributed by atoms with Crippen LogP contribution in [0.4, 0.5) is 0 Å². The van der Waals surface area contributed by atoms with Crippen molar-refractivity contribution in [1.29, 1.82) is 0 Å². The van der Waals surface area contributed by atoms with E-state index in [1.165, 1.54) is 0 Å². The molecule has 0 aromatic carbocycles. The van der Waals surface area contributed by atoms with Crippen LogP contribution in [0.1, 0.15) is 0 Å². The maximum atomic E-state index is 8.88. The molecule has 0 aliphatic carbocycles. The molecule has 0 aliphatic heterocycles. The Bertz CT molecular complexity index is 62.2. The van der Waals surface area contributed by atoms with Gasteiger partial charge in [-0.1, -0.05) is 0 Å². The molecule has 4 nitrogen and oxygen atoms in total. The molecule has 0 aliphatic rings. The second-order valence-corrected chi connectivity index (χ2v) is 1.54. The van der Waals surface area contributed by atoms with Crippen LogP contribution in [0.15, 0.2) is 0 Å². The maximum absolute atomic E-state index is 8.88. The molecule has 0 rings (SSSR count). The van der Waals surface area contributed by atoms with Crippen LogP contribution in [0.3, 0.4) is 0 Å². The van der Waals surface area contributed by atoms with Crippen LogP contribution < -0.4 is 0 Å². The van der Waals surface area contributed by atoms with E-state index in [2.05, 4.69) is 0 Å². The zero-order chi connectivity index (χ0) is 4.50. The van der Waals surface area contributed by atoms with Crippen molar-refractivity contribution in [3.05, 3.63) is 0 Å². The Hall–Kier alpha value is 2.17. The van der Waals surface area contributed by atoms with Gasteiger partial charge < -0.3 is 14.7 Å². The quantitative estimate of drug-likeness (QED) is 0.299. The van der Waals surface area contributed by atoms with Gasteiger partial charge in [-0.15, -0.1) is 12.4 Å². The molecule has 46 valence electrons. The molecule has 0 heterocycles. The number of hydrogen-bond acceptors (Lipinski definition) is 1. The molecule has 0 saturated carbocycles. The Kier molecular flexibility index (Phi) is 25.7. The second kappa shape index (κ2) is 9.17. The molecule has 0 atom stereocenters. The average molecular weight is 185 g/mol. The SMILES string of the molecule is Cl.O=P(O)(O)O.[MgH2].[NaH]. The first-order valence-electron chi connectivity index (χ1n) is 0.783. The van der Waals surface area contributed by atoms with Crippen LogP contribution >= 0.6 is 20.2 Å². The van der Waals surface area contributed by atoms with Gasteiger partial charge in [0.05, 0.1) is 0 Å². The Morgan fingerprint density at radius 2 is 1.12 bits per heavy atom. The zero-order valence-electron chi connectivity index (χ0n) is 2.61. The fourth-order valence-electron chi connectivity index (χ4n) is 0. The van der Waals surface area contributed by atoms with Crippen molar-refractivity contribution in [1.82, 2.24) is 0 Å². The summed E-state index contributed by atoms with van der Waals surface area (Å²) in [6, 6.07) is 0. The van der Waals surface area contributed by atoms with Crippen LogP contribution in [0.5, 0.6) is 0 Å². The summed E-state index contributed by atoms with van der Waals surface area (Å²) in [6.45, 7) is 0. The molecule has 8 heavy (non-hydrogen) atoms. The first-order chi connectivity index (χ1) is 2.00.